The van der Waals surface area contributed by atoms with Crippen molar-refractivity contribution < 1.29 is 5.11 Å². The Bertz CT molecular complexity index is 756. The number of rotatable bonds is 7. The number of hydrogen-bond acceptors (Lipinski definition) is 4. The summed E-state index contributed by atoms with van der Waals surface area (Å²) in [5.74, 6) is 0.974. The summed E-state index contributed by atoms with van der Waals surface area (Å²) in [6, 6.07) is 1.91. The first-order valence-electron chi connectivity index (χ1n) is 7.90. The first kappa shape index (κ1) is 16.8. The Morgan fingerprint density at radius 1 is 1.48 bits per heavy atom. The van der Waals surface area contributed by atoms with E-state index in [4.69, 9.17) is 0 Å². The highest BCUT2D eigenvalue weighted by Crippen LogP contribution is 2.23. The van der Waals surface area contributed by atoms with Crippen LogP contribution in [0.1, 0.15) is 37.9 Å². The van der Waals surface area contributed by atoms with Gasteiger partial charge in [0.2, 0.25) is 0 Å². The second-order valence-corrected chi connectivity index (χ2v) is 5.37. The Labute approximate surface area is 137 Å². The minimum absolute atomic E-state index is 0.108. The molecule has 2 rings (SSSR count). The van der Waals surface area contributed by atoms with Crippen LogP contribution in [0, 0.1) is 6.92 Å². The molecule has 0 saturated heterocycles. The molecule has 122 valence electrons. The lowest BCUT2D eigenvalue weighted by Gasteiger charge is -2.11. The Morgan fingerprint density at radius 2 is 2.26 bits per heavy atom. The molecule has 0 aromatic carbocycles. The monoisotopic (exact) mass is 312 g/mol. The van der Waals surface area contributed by atoms with E-state index in [1.807, 2.05) is 32.1 Å². The third-order valence-electron chi connectivity index (χ3n) is 3.56. The second kappa shape index (κ2) is 7.63. The summed E-state index contributed by atoms with van der Waals surface area (Å²) >= 11 is 0. The van der Waals surface area contributed by atoms with E-state index in [0.29, 0.717) is 11.3 Å². The molecule has 0 atom stereocenters. The summed E-state index contributed by atoms with van der Waals surface area (Å²) in [5.41, 5.74) is 3.10. The number of hydrogen-bond donors (Lipinski definition) is 2. The maximum atomic E-state index is 10.1. The molecule has 0 saturated carbocycles. The van der Waals surface area contributed by atoms with Crippen LogP contribution >= 0.6 is 0 Å². The normalized spacial score (nSPS) is 12.7. The third kappa shape index (κ3) is 3.62. The summed E-state index contributed by atoms with van der Waals surface area (Å²) < 4.78 is 1.80. The molecular formula is C18H24N4O. The predicted octanol–water partition coefficient (Wildman–Crippen LogP) is 4.28. The zero-order chi connectivity index (χ0) is 16.8. The van der Waals surface area contributed by atoms with Gasteiger partial charge in [-0.1, -0.05) is 32.1 Å². The summed E-state index contributed by atoms with van der Waals surface area (Å²) in [5, 5.41) is 17.9. The molecule has 2 aromatic heterocycles. The number of allylic oxidation sites excluding steroid dienone is 4. The molecule has 0 fully saturated rings. The lowest BCUT2D eigenvalue weighted by molar-refractivity contribution is 0.436. The van der Waals surface area contributed by atoms with Crippen molar-refractivity contribution in [3.8, 4) is 0 Å². The third-order valence-corrected chi connectivity index (χ3v) is 3.56. The van der Waals surface area contributed by atoms with Crippen LogP contribution in [-0.2, 0) is 0 Å². The van der Waals surface area contributed by atoms with Crippen LogP contribution in [-0.4, -0.2) is 26.2 Å². The zero-order valence-corrected chi connectivity index (χ0v) is 14.0. The van der Waals surface area contributed by atoms with Crippen molar-refractivity contribution in [2.75, 3.05) is 11.9 Å². The van der Waals surface area contributed by atoms with Crippen molar-refractivity contribution in [2.24, 2.45) is 0 Å². The van der Waals surface area contributed by atoms with Crippen molar-refractivity contribution in [3.63, 3.8) is 0 Å². The highest BCUT2D eigenvalue weighted by atomic mass is 16.3. The molecule has 0 spiro atoms. The molecule has 2 N–H and O–H groups in total. The highest BCUT2D eigenvalue weighted by Gasteiger charge is 2.12. The Kier molecular flexibility index (Phi) is 5.57. The van der Waals surface area contributed by atoms with Gasteiger partial charge < -0.3 is 10.4 Å². The maximum Gasteiger partial charge on any atom is 0.160 e. The van der Waals surface area contributed by atoms with Gasteiger partial charge in [-0.15, -0.1) is 0 Å². The standard InChI is InChI=1S/C18H24N4O/c1-5-8-10-19-17-11-15(14(9-6-2)16(23)7-3)21-18-13(4)12-20-22(17)18/h6-7,9,11-12,19,23H,3,5,8,10H2,1-2,4H3/b9-6-,16-14-. The average Bonchev–Trinajstić information content (AvgIpc) is 2.93. The summed E-state index contributed by atoms with van der Waals surface area (Å²) in [6.45, 7) is 10.5. The first-order chi connectivity index (χ1) is 11.1. The van der Waals surface area contributed by atoms with Crippen molar-refractivity contribution in [2.45, 2.75) is 33.6 Å². The maximum absolute atomic E-state index is 10.1. The number of fused-ring (bicyclic) bond motifs is 1. The number of nitrogens with one attached hydrogen (secondary N) is 1. The molecule has 23 heavy (non-hydrogen) atoms. The molecule has 5 nitrogen and oxygen atoms in total. The Hall–Kier alpha value is -2.56. The molecule has 5 heteroatoms. The number of aromatic nitrogens is 3. The number of aliphatic hydroxyl groups is 1. The van der Waals surface area contributed by atoms with E-state index in [2.05, 4.69) is 28.9 Å². The van der Waals surface area contributed by atoms with Gasteiger partial charge in [-0.3, -0.25) is 0 Å². The number of nitrogens with zero attached hydrogens (tertiary/aromatic N) is 3. The molecule has 0 unspecified atom stereocenters. The zero-order valence-electron chi connectivity index (χ0n) is 14.0. The van der Waals surface area contributed by atoms with Crippen molar-refractivity contribution in [3.05, 3.63) is 54.1 Å². The van der Waals surface area contributed by atoms with E-state index in [1.54, 1.807) is 10.7 Å². The number of aryl methyl sites for hydroxylation is 1. The quantitative estimate of drug-likeness (QED) is 0.455. The minimum atomic E-state index is 0.108. The van der Waals surface area contributed by atoms with Crippen LogP contribution in [0.4, 0.5) is 5.82 Å². The van der Waals surface area contributed by atoms with Crippen LogP contribution < -0.4 is 5.32 Å². The molecule has 0 amide bonds. The number of unbranched alkanes of at least 4 members (excludes halogenated alkanes) is 1. The van der Waals surface area contributed by atoms with Gasteiger partial charge in [0.25, 0.3) is 0 Å². The molecule has 0 aliphatic rings. The van der Waals surface area contributed by atoms with Crippen molar-refractivity contribution in [1.29, 1.82) is 0 Å². The van der Waals surface area contributed by atoms with Crippen LogP contribution in [0.5, 0.6) is 0 Å². The fraction of sp³-hybridized carbons (Fsp3) is 0.333. The molecular weight excluding hydrogens is 288 g/mol. The van der Waals surface area contributed by atoms with Crippen LogP contribution in [0.25, 0.3) is 11.2 Å². The predicted molar refractivity (Wildman–Crippen MR) is 95.7 cm³/mol. The lowest BCUT2D eigenvalue weighted by atomic mass is 10.1. The van der Waals surface area contributed by atoms with E-state index in [0.717, 1.165) is 36.4 Å². The SMILES string of the molecule is C=C/C(O)=C(\C=C/C)c1cc(NCCCC)n2ncc(C)c2n1. The van der Waals surface area contributed by atoms with Crippen LogP contribution in [0.3, 0.4) is 0 Å². The fourth-order valence-corrected chi connectivity index (χ4v) is 2.31. The summed E-state index contributed by atoms with van der Waals surface area (Å²) in [4.78, 5) is 4.66. The molecule has 0 bridgehead atoms. The van der Waals surface area contributed by atoms with Gasteiger partial charge in [-0.25, -0.2) is 4.98 Å². The molecule has 2 heterocycles. The Balaban J connectivity index is 2.60. The van der Waals surface area contributed by atoms with Gasteiger partial charge in [0, 0.05) is 23.7 Å². The largest absolute Gasteiger partial charge is 0.507 e. The number of aliphatic hydroxyl groups excluding tert-OH is 1. The molecule has 0 radical (unpaired) electrons. The lowest BCUT2D eigenvalue weighted by Crippen LogP contribution is -2.09. The van der Waals surface area contributed by atoms with Crippen molar-refractivity contribution in [1.82, 2.24) is 14.6 Å². The second-order valence-electron chi connectivity index (χ2n) is 5.37. The fourth-order valence-electron chi connectivity index (χ4n) is 2.31. The van der Waals surface area contributed by atoms with E-state index in [-0.39, 0.29) is 5.76 Å². The van der Waals surface area contributed by atoms with Crippen molar-refractivity contribution >= 4 is 17.0 Å². The van der Waals surface area contributed by atoms with Gasteiger partial charge in [0.05, 0.1) is 11.9 Å². The van der Waals surface area contributed by atoms with E-state index < -0.39 is 0 Å². The van der Waals surface area contributed by atoms with Gasteiger partial charge >= 0.3 is 0 Å². The Morgan fingerprint density at radius 3 is 2.91 bits per heavy atom. The van der Waals surface area contributed by atoms with Gasteiger partial charge in [0.15, 0.2) is 5.65 Å². The smallest absolute Gasteiger partial charge is 0.160 e. The van der Waals surface area contributed by atoms with Gasteiger partial charge in [-0.2, -0.15) is 9.61 Å². The summed E-state index contributed by atoms with van der Waals surface area (Å²) in [6.07, 6.45) is 9.12. The first-order valence-corrected chi connectivity index (χ1v) is 7.90. The topological polar surface area (TPSA) is 62.5 Å². The molecule has 2 aromatic rings. The van der Waals surface area contributed by atoms with E-state index in [1.165, 1.54) is 6.08 Å². The van der Waals surface area contributed by atoms with E-state index >= 15 is 0 Å². The van der Waals surface area contributed by atoms with Crippen LogP contribution in [0.15, 0.2) is 42.8 Å². The molecule has 0 aliphatic heterocycles. The number of anilines is 1. The highest BCUT2D eigenvalue weighted by molar-refractivity contribution is 5.77. The van der Waals surface area contributed by atoms with Crippen LogP contribution in [0.2, 0.25) is 0 Å². The average molecular weight is 312 g/mol. The van der Waals surface area contributed by atoms with Gasteiger partial charge in [0.1, 0.15) is 11.6 Å². The minimum Gasteiger partial charge on any atom is -0.507 e. The molecule has 0 aliphatic carbocycles. The van der Waals surface area contributed by atoms with E-state index in [9.17, 15) is 5.11 Å². The van der Waals surface area contributed by atoms with Gasteiger partial charge in [-0.05, 0) is 26.3 Å². The summed E-state index contributed by atoms with van der Waals surface area (Å²) in [7, 11) is 0.